The van der Waals surface area contributed by atoms with E-state index in [2.05, 4.69) is 38.1 Å². The molecule has 1 unspecified atom stereocenters. The molecule has 1 saturated heterocycles. The molecule has 1 atom stereocenters. The largest absolute Gasteiger partial charge is 0.462 e. The zero-order chi connectivity index (χ0) is 18.0. The maximum absolute atomic E-state index is 12.2. The fourth-order valence-electron chi connectivity index (χ4n) is 3.55. The summed E-state index contributed by atoms with van der Waals surface area (Å²) in [5, 5.41) is 10.1. The first-order valence-electron chi connectivity index (χ1n) is 8.68. The molecule has 25 heavy (non-hydrogen) atoms. The lowest BCUT2D eigenvalue weighted by molar-refractivity contribution is -0.0592. The maximum Gasteiger partial charge on any atom is 0.348 e. The highest BCUT2D eigenvalue weighted by molar-refractivity contribution is 7.21. The molecule has 0 aliphatic carbocycles. The van der Waals surface area contributed by atoms with Crippen LogP contribution in [0.4, 0.5) is 0 Å². The second kappa shape index (κ2) is 7.15. The molecule has 0 radical (unpaired) electrons. The van der Waals surface area contributed by atoms with Crippen molar-refractivity contribution in [2.75, 3.05) is 13.2 Å². The van der Waals surface area contributed by atoms with Crippen molar-refractivity contribution in [3.05, 3.63) is 34.2 Å². The Hall–Kier alpha value is -1.90. The van der Waals surface area contributed by atoms with Gasteiger partial charge in [0.05, 0.1) is 24.7 Å². The van der Waals surface area contributed by atoms with Crippen LogP contribution >= 0.6 is 11.3 Å². The highest BCUT2D eigenvalue weighted by atomic mass is 32.1. The van der Waals surface area contributed by atoms with Crippen molar-refractivity contribution >= 4 is 27.4 Å². The summed E-state index contributed by atoms with van der Waals surface area (Å²) in [7, 11) is 0. The molecule has 1 fully saturated rings. The van der Waals surface area contributed by atoms with Gasteiger partial charge in [0.25, 0.3) is 0 Å². The van der Waals surface area contributed by atoms with Crippen LogP contribution in [0.2, 0.25) is 0 Å². The van der Waals surface area contributed by atoms with Crippen LogP contribution in [0, 0.1) is 11.3 Å². The van der Waals surface area contributed by atoms with Gasteiger partial charge in [-0.25, -0.2) is 4.79 Å². The smallest absolute Gasteiger partial charge is 0.348 e. The van der Waals surface area contributed by atoms with Crippen molar-refractivity contribution in [1.29, 1.82) is 5.26 Å². The predicted octanol–water partition coefficient (Wildman–Crippen LogP) is 4.82. The molecule has 3 rings (SSSR count). The number of hydrogen-bond acceptors (Lipinski definition) is 5. The zero-order valence-electron chi connectivity index (χ0n) is 14.9. The third kappa shape index (κ3) is 3.70. The SMILES string of the molecule is CCOC(=O)c1sc2cc(C3CCOC(C)(C)C3)ccc2c1CC#N. The molecule has 4 nitrogen and oxygen atoms in total. The van der Waals surface area contributed by atoms with Gasteiger partial charge in [-0.3, -0.25) is 0 Å². The first-order valence-corrected chi connectivity index (χ1v) is 9.50. The van der Waals surface area contributed by atoms with Crippen molar-refractivity contribution in [3.8, 4) is 6.07 Å². The van der Waals surface area contributed by atoms with Crippen LogP contribution in [0.15, 0.2) is 18.2 Å². The van der Waals surface area contributed by atoms with Gasteiger partial charge < -0.3 is 9.47 Å². The number of benzene rings is 1. The first-order chi connectivity index (χ1) is 11.9. The Morgan fingerprint density at radius 2 is 2.28 bits per heavy atom. The number of thiophene rings is 1. The topological polar surface area (TPSA) is 59.3 Å². The highest BCUT2D eigenvalue weighted by Gasteiger charge is 2.30. The van der Waals surface area contributed by atoms with E-state index in [1.807, 2.05) is 0 Å². The molecule has 0 spiro atoms. The lowest BCUT2D eigenvalue weighted by Gasteiger charge is -2.35. The van der Waals surface area contributed by atoms with Gasteiger partial charge in [0, 0.05) is 11.3 Å². The summed E-state index contributed by atoms with van der Waals surface area (Å²) >= 11 is 1.43. The van der Waals surface area contributed by atoms with Gasteiger partial charge >= 0.3 is 5.97 Å². The second-order valence-electron chi connectivity index (χ2n) is 7.02. The van der Waals surface area contributed by atoms with Gasteiger partial charge in [-0.05, 0) is 62.1 Å². The van der Waals surface area contributed by atoms with E-state index >= 15 is 0 Å². The van der Waals surface area contributed by atoms with Crippen LogP contribution in [-0.2, 0) is 15.9 Å². The van der Waals surface area contributed by atoms with E-state index in [-0.39, 0.29) is 18.0 Å². The van der Waals surface area contributed by atoms with E-state index in [9.17, 15) is 4.79 Å². The van der Waals surface area contributed by atoms with E-state index in [4.69, 9.17) is 14.7 Å². The summed E-state index contributed by atoms with van der Waals surface area (Å²) in [5.74, 6) is 0.128. The third-order valence-electron chi connectivity index (χ3n) is 4.70. The summed E-state index contributed by atoms with van der Waals surface area (Å²) in [6, 6.07) is 8.54. The van der Waals surface area contributed by atoms with Crippen LogP contribution in [0.5, 0.6) is 0 Å². The van der Waals surface area contributed by atoms with Crippen molar-refractivity contribution in [2.24, 2.45) is 0 Å². The number of nitrogens with zero attached hydrogens (tertiary/aromatic N) is 1. The lowest BCUT2D eigenvalue weighted by Crippen LogP contribution is -2.32. The number of esters is 1. The summed E-state index contributed by atoms with van der Waals surface area (Å²) < 4.78 is 12.0. The van der Waals surface area contributed by atoms with E-state index in [1.165, 1.54) is 16.9 Å². The van der Waals surface area contributed by atoms with E-state index in [1.54, 1.807) is 6.92 Å². The Labute approximate surface area is 152 Å². The van der Waals surface area contributed by atoms with Crippen LogP contribution in [0.25, 0.3) is 10.1 Å². The number of ether oxygens (including phenoxy) is 2. The number of hydrogen-bond donors (Lipinski definition) is 0. The molecule has 1 aliphatic heterocycles. The molecule has 0 amide bonds. The zero-order valence-corrected chi connectivity index (χ0v) is 15.7. The normalized spacial score (nSPS) is 19.5. The molecule has 2 aromatic rings. The number of nitriles is 1. The lowest BCUT2D eigenvalue weighted by atomic mass is 9.83. The molecule has 5 heteroatoms. The van der Waals surface area contributed by atoms with Gasteiger partial charge in [0.1, 0.15) is 4.88 Å². The fraction of sp³-hybridized carbons (Fsp3) is 0.500. The summed E-state index contributed by atoms with van der Waals surface area (Å²) in [4.78, 5) is 12.8. The Morgan fingerprint density at radius 1 is 1.48 bits per heavy atom. The van der Waals surface area contributed by atoms with Crippen molar-refractivity contribution in [3.63, 3.8) is 0 Å². The average molecular weight is 357 g/mol. The minimum absolute atomic E-state index is 0.102. The molecule has 0 bridgehead atoms. The maximum atomic E-state index is 12.2. The molecular weight excluding hydrogens is 334 g/mol. The van der Waals surface area contributed by atoms with Crippen molar-refractivity contribution < 1.29 is 14.3 Å². The van der Waals surface area contributed by atoms with E-state index in [0.29, 0.717) is 17.4 Å². The molecule has 2 heterocycles. The Morgan fingerprint density at radius 3 is 2.96 bits per heavy atom. The van der Waals surface area contributed by atoms with Gasteiger partial charge in [-0.15, -0.1) is 11.3 Å². The number of carbonyl (C=O) groups is 1. The molecule has 0 N–H and O–H groups in total. The molecule has 1 aromatic carbocycles. The number of rotatable bonds is 4. The minimum atomic E-state index is -0.331. The Bertz CT molecular complexity index is 831. The summed E-state index contributed by atoms with van der Waals surface area (Å²) in [6.07, 6.45) is 2.22. The first kappa shape index (κ1) is 17.9. The molecule has 1 aliphatic rings. The van der Waals surface area contributed by atoms with E-state index < -0.39 is 0 Å². The van der Waals surface area contributed by atoms with Crippen LogP contribution in [0.3, 0.4) is 0 Å². The number of carbonyl (C=O) groups excluding carboxylic acids is 1. The quantitative estimate of drug-likeness (QED) is 0.736. The van der Waals surface area contributed by atoms with Crippen molar-refractivity contribution in [1.82, 2.24) is 0 Å². The van der Waals surface area contributed by atoms with Crippen molar-refractivity contribution in [2.45, 2.75) is 51.6 Å². The van der Waals surface area contributed by atoms with Gasteiger partial charge in [0.2, 0.25) is 0 Å². The van der Waals surface area contributed by atoms with Gasteiger partial charge in [0.15, 0.2) is 0 Å². The third-order valence-corrected chi connectivity index (χ3v) is 5.88. The molecule has 132 valence electrons. The minimum Gasteiger partial charge on any atom is -0.462 e. The van der Waals surface area contributed by atoms with Crippen LogP contribution in [-0.4, -0.2) is 24.8 Å². The van der Waals surface area contributed by atoms with Gasteiger partial charge in [-0.1, -0.05) is 12.1 Å². The van der Waals surface area contributed by atoms with Gasteiger partial charge in [-0.2, -0.15) is 5.26 Å². The Balaban J connectivity index is 2.00. The molecule has 0 saturated carbocycles. The standard InChI is InChI=1S/C20H23NO3S/c1-4-23-19(22)18-16(7-9-21)15-6-5-13(11-17(15)25-18)14-8-10-24-20(2,3)12-14/h5-6,11,14H,4,7-8,10,12H2,1-3H3. The summed E-state index contributed by atoms with van der Waals surface area (Å²) in [5.41, 5.74) is 1.97. The molecular formula is C20H23NO3S. The summed E-state index contributed by atoms with van der Waals surface area (Å²) in [6.45, 7) is 7.16. The average Bonchev–Trinajstić information content (AvgIpc) is 2.92. The van der Waals surface area contributed by atoms with Crippen LogP contribution < -0.4 is 0 Å². The fourth-order valence-corrected chi connectivity index (χ4v) is 4.72. The second-order valence-corrected chi connectivity index (χ2v) is 8.07. The Kier molecular flexibility index (Phi) is 5.12. The molecule has 1 aromatic heterocycles. The predicted molar refractivity (Wildman–Crippen MR) is 99.1 cm³/mol. The monoisotopic (exact) mass is 357 g/mol. The number of fused-ring (bicyclic) bond motifs is 1. The highest BCUT2D eigenvalue weighted by Crippen LogP contribution is 2.39. The van der Waals surface area contributed by atoms with E-state index in [0.717, 1.165) is 35.1 Å². The van der Waals surface area contributed by atoms with Crippen LogP contribution in [0.1, 0.15) is 60.3 Å².